The molecule has 1 rings (SSSR count). The van der Waals surface area contributed by atoms with Gasteiger partial charge in [0.05, 0.1) is 12.0 Å². The largest absolute Gasteiger partial charge is 0.496 e. The van der Waals surface area contributed by atoms with Crippen LogP contribution < -0.4 is 4.74 Å². The molecule has 1 atom stereocenters. The van der Waals surface area contributed by atoms with Gasteiger partial charge in [-0.25, -0.2) is 0 Å². The Hall–Kier alpha value is -1.16. The molecular formula is C13H18O3S. The molecule has 1 N–H and O–H groups in total. The second-order valence-electron chi connectivity index (χ2n) is 3.74. The minimum Gasteiger partial charge on any atom is -0.496 e. The van der Waals surface area contributed by atoms with E-state index in [4.69, 9.17) is 9.84 Å². The molecule has 1 aromatic carbocycles. The standard InChI is InChI=1S/C13H18O3S/c1-3-4-8-12(13(14)15)17-11-9-6-5-7-10(11)16-2/h5-7,9,12H,3-4,8H2,1-2H3,(H,14,15). The maximum absolute atomic E-state index is 11.1. The van der Waals surface area contributed by atoms with Gasteiger partial charge in [-0.15, -0.1) is 11.8 Å². The second-order valence-corrected chi connectivity index (χ2v) is 4.98. The van der Waals surface area contributed by atoms with Crippen molar-refractivity contribution in [2.45, 2.75) is 36.3 Å². The van der Waals surface area contributed by atoms with Crippen LogP contribution in [0.3, 0.4) is 0 Å². The summed E-state index contributed by atoms with van der Waals surface area (Å²) in [5, 5.41) is 8.77. The Labute approximate surface area is 106 Å². The minimum absolute atomic E-state index is 0.397. The van der Waals surface area contributed by atoms with Crippen LogP contribution in [0.5, 0.6) is 5.75 Å². The number of carboxylic acid groups (broad SMARTS) is 1. The summed E-state index contributed by atoms with van der Waals surface area (Å²) < 4.78 is 5.22. The molecule has 0 aromatic heterocycles. The number of benzene rings is 1. The highest BCUT2D eigenvalue weighted by Crippen LogP contribution is 2.33. The zero-order valence-corrected chi connectivity index (χ0v) is 11.0. The lowest BCUT2D eigenvalue weighted by molar-refractivity contribution is -0.136. The van der Waals surface area contributed by atoms with E-state index in [2.05, 4.69) is 6.92 Å². The summed E-state index contributed by atoms with van der Waals surface area (Å²) in [5.41, 5.74) is 0. The van der Waals surface area contributed by atoms with Crippen LogP contribution in [0.25, 0.3) is 0 Å². The number of hydrogen-bond acceptors (Lipinski definition) is 3. The van der Waals surface area contributed by atoms with Crippen LogP contribution in [0.2, 0.25) is 0 Å². The second kappa shape index (κ2) is 7.22. The summed E-state index contributed by atoms with van der Waals surface area (Å²) in [6.07, 6.45) is 2.63. The van der Waals surface area contributed by atoms with Crippen LogP contribution in [0, 0.1) is 0 Å². The first-order valence-electron chi connectivity index (χ1n) is 5.71. The van der Waals surface area contributed by atoms with Crippen LogP contribution in [0.15, 0.2) is 29.2 Å². The van der Waals surface area contributed by atoms with Gasteiger partial charge >= 0.3 is 5.97 Å². The number of para-hydroxylation sites is 1. The third-order valence-corrected chi connectivity index (χ3v) is 3.75. The number of aliphatic carboxylic acids is 1. The van der Waals surface area contributed by atoms with Gasteiger partial charge in [-0.05, 0) is 18.6 Å². The fourth-order valence-electron chi connectivity index (χ4n) is 1.49. The highest BCUT2D eigenvalue weighted by molar-refractivity contribution is 8.00. The van der Waals surface area contributed by atoms with Gasteiger partial charge < -0.3 is 9.84 Å². The van der Waals surface area contributed by atoms with Gasteiger partial charge in [0.15, 0.2) is 0 Å². The molecule has 0 radical (unpaired) electrons. The number of methoxy groups -OCH3 is 1. The molecule has 0 fully saturated rings. The third-order valence-electron chi connectivity index (χ3n) is 2.43. The average molecular weight is 254 g/mol. The van der Waals surface area contributed by atoms with Crippen LogP contribution in [0.1, 0.15) is 26.2 Å². The summed E-state index contributed by atoms with van der Waals surface area (Å²) in [7, 11) is 1.60. The van der Waals surface area contributed by atoms with E-state index in [0.29, 0.717) is 6.42 Å². The van der Waals surface area contributed by atoms with Crippen molar-refractivity contribution in [3.8, 4) is 5.75 Å². The van der Waals surface area contributed by atoms with Gasteiger partial charge in [0.2, 0.25) is 0 Å². The number of thioether (sulfide) groups is 1. The summed E-state index contributed by atoms with van der Waals surface area (Å²) in [5.74, 6) is -0.0189. The molecule has 4 heteroatoms. The SMILES string of the molecule is CCCCC(Sc1ccccc1OC)C(=O)O. The van der Waals surface area contributed by atoms with E-state index in [9.17, 15) is 4.79 Å². The van der Waals surface area contributed by atoms with Crippen molar-refractivity contribution in [1.29, 1.82) is 0 Å². The Balaban J connectivity index is 2.74. The first-order valence-corrected chi connectivity index (χ1v) is 6.59. The van der Waals surface area contributed by atoms with E-state index in [1.807, 2.05) is 24.3 Å². The highest BCUT2D eigenvalue weighted by Gasteiger charge is 2.19. The monoisotopic (exact) mass is 254 g/mol. The zero-order chi connectivity index (χ0) is 12.7. The van der Waals surface area contributed by atoms with Gasteiger partial charge in [0, 0.05) is 0 Å². The molecule has 0 saturated heterocycles. The Morgan fingerprint density at radius 1 is 1.47 bits per heavy atom. The molecule has 3 nitrogen and oxygen atoms in total. The van der Waals surface area contributed by atoms with E-state index in [1.54, 1.807) is 7.11 Å². The Bertz CT molecular complexity index is 365. The Morgan fingerprint density at radius 3 is 2.76 bits per heavy atom. The van der Waals surface area contributed by atoms with Crippen molar-refractivity contribution in [2.24, 2.45) is 0 Å². The lowest BCUT2D eigenvalue weighted by atomic mass is 10.2. The molecule has 0 aliphatic heterocycles. The molecule has 0 spiro atoms. The number of carbonyl (C=O) groups is 1. The Morgan fingerprint density at radius 2 is 2.18 bits per heavy atom. The normalized spacial score (nSPS) is 12.1. The van der Waals surface area contributed by atoms with Crippen molar-refractivity contribution >= 4 is 17.7 Å². The van der Waals surface area contributed by atoms with E-state index in [1.165, 1.54) is 11.8 Å². The van der Waals surface area contributed by atoms with Crippen molar-refractivity contribution in [1.82, 2.24) is 0 Å². The molecule has 17 heavy (non-hydrogen) atoms. The van der Waals surface area contributed by atoms with Gasteiger partial charge in [-0.3, -0.25) is 4.79 Å². The topological polar surface area (TPSA) is 46.5 Å². The van der Waals surface area contributed by atoms with E-state index in [-0.39, 0.29) is 0 Å². The maximum Gasteiger partial charge on any atom is 0.316 e. The number of carboxylic acids is 1. The lowest BCUT2D eigenvalue weighted by Crippen LogP contribution is -2.16. The van der Waals surface area contributed by atoms with Crippen LogP contribution in [-0.4, -0.2) is 23.4 Å². The van der Waals surface area contributed by atoms with Crippen molar-refractivity contribution in [2.75, 3.05) is 7.11 Å². The first-order chi connectivity index (χ1) is 8.19. The quantitative estimate of drug-likeness (QED) is 0.757. The van der Waals surface area contributed by atoms with Gasteiger partial charge in [-0.1, -0.05) is 31.9 Å². The van der Waals surface area contributed by atoms with Crippen LogP contribution >= 0.6 is 11.8 Å². The zero-order valence-electron chi connectivity index (χ0n) is 10.2. The Kier molecular flexibility index (Phi) is 5.91. The highest BCUT2D eigenvalue weighted by atomic mass is 32.2. The van der Waals surface area contributed by atoms with E-state index in [0.717, 1.165) is 23.5 Å². The third kappa shape index (κ3) is 4.30. The predicted molar refractivity (Wildman–Crippen MR) is 69.8 cm³/mol. The summed E-state index contributed by atoms with van der Waals surface area (Å²) >= 11 is 1.36. The number of unbranched alkanes of at least 4 members (excludes halogenated alkanes) is 1. The predicted octanol–water partition coefficient (Wildman–Crippen LogP) is 3.43. The molecule has 0 saturated carbocycles. The average Bonchev–Trinajstić information content (AvgIpc) is 2.34. The number of rotatable bonds is 7. The molecule has 1 aromatic rings. The van der Waals surface area contributed by atoms with Crippen molar-refractivity contribution in [3.63, 3.8) is 0 Å². The molecular weight excluding hydrogens is 236 g/mol. The fraction of sp³-hybridized carbons (Fsp3) is 0.462. The molecule has 1 unspecified atom stereocenters. The van der Waals surface area contributed by atoms with Crippen LogP contribution in [0.4, 0.5) is 0 Å². The summed E-state index contributed by atoms with van der Waals surface area (Å²) in [6, 6.07) is 7.51. The summed E-state index contributed by atoms with van der Waals surface area (Å²) in [4.78, 5) is 12.0. The number of hydrogen-bond donors (Lipinski definition) is 1. The molecule has 0 bridgehead atoms. The molecule has 94 valence electrons. The lowest BCUT2D eigenvalue weighted by Gasteiger charge is -2.13. The smallest absolute Gasteiger partial charge is 0.316 e. The van der Waals surface area contributed by atoms with Crippen LogP contribution in [-0.2, 0) is 4.79 Å². The first kappa shape index (κ1) is 13.9. The van der Waals surface area contributed by atoms with E-state index >= 15 is 0 Å². The molecule has 0 aliphatic rings. The van der Waals surface area contributed by atoms with Gasteiger partial charge in [0.25, 0.3) is 0 Å². The molecule has 0 aliphatic carbocycles. The minimum atomic E-state index is -0.755. The summed E-state index contributed by atoms with van der Waals surface area (Å²) in [6.45, 7) is 2.06. The molecule has 0 amide bonds. The van der Waals surface area contributed by atoms with Crippen molar-refractivity contribution in [3.05, 3.63) is 24.3 Å². The van der Waals surface area contributed by atoms with Gasteiger partial charge in [0.1, 0.15) is 11.0 Å². The fourth-order valence-corrected chi connectivity index (χ4v) is 2.61. The number of ether oxygens (including phenoxy) is 1. The van der Waals surface area contributed by atoms with Gasteiger partial charge in [-0.2, -0.15) is 0 Å². The van der Waals surface area contributed by atoms with E-state index < -0.39 is 11.2 Å². The molecule has 0 heterocycles. The maximum atomic E-state index is 11.1. The van der Waals surface area contributed by atoms with Crippen molar-refractivity contribution < 1.29 is 14.6 Å².